The summed E-state index contributed by atoms with van der Waals surface area (Å²) in [5, 5.41) is 0. The Labute approximate surface area is 211 Å². The normalized spacial score (nSPS) is 11.0. The maximum absolute atomic E-state index is 11.7. The van der Waals surface area contributed by atoms with Gasteiger partial charge in [0.1, 0.15) is 0 Å². The summed E-state index contributed by atoms with van der Waals surface area (Å²) in [7, 11) is 0. The third kappa shape index (κ3) is 4.15. The van der Waals surface area contributed by atoms with E-state index in [1.807, 2.05) is 54.6 Å². The van der Waals surface area contributed by atoms with Crippen molar-refractivity contribution in [1.82, 2.24) is 9.97 Å². The molecule has 0 radical (unpaired) electrons. The van der Waals surface area contributed by atoms with Crippen LogP contribution < -0.4 is 16.0 Å². The molecule has 0 aliphatic heterocycles. The molecule has 0 saturated carbocycles. The summed E-state index contributed by atoms with van der Waals surface area (Å²) in [5.41, 5.74) is 5.33. The fraction of sp³-hybridized carbons (Fsp3) is 0. The second-order valence-corrected chi connectivity index (χ2v) is 9.47. The Hall–Kier alpha value is -4.68. The summed E-state index contributed by atoms with van der Waals surface area (Å²) < 4.78 is 0. The molecule has 174 valence electrons. The van der Waals surface area contributed by atoms with Crippen LogP contribution in [0.4, 0.5) is 17.1 Å². The predicted molar refractivity (Wildman–Crippen MR) is 149 cm³/mol. The first-order valence-electron chi connectivity index (χ1n) is 11.5. The van der Waals surface area contributed by atoms with E-state index in [4.69, 9.17) is 0 Å². The molecule has 6 rings (SSSR count). The van der Waals surface area contributed by atoms with Gasteiger partial charge in [-0.25, -0.2) is 0 Å². The van der Waals surface area contributed by atoms with Gasteiger partial charge in [-0.1, -0.05) is 54.6 Å². The molecule has 6 aromatic rings. The van der Waals surface area contributed by atoms with Crippen LogP contribution in [0.15, 0.2) is 125 Å². The monoisotopic (exact) mass is 487 g/mol. The van der Waals surface area contributed by atoms with Gasteiger partial charge in [0.25, 0.3) is 0 Å². The molecular weight excluding hydrogens is 466 g/mol. The van der Waals surface area contributed by atoms with E-state index in [2.05, 4.69) is 75.5 Å². The molecule has 4 aromatic carbocycles. The Kier molecular flexibility index (Phi) is 5.56. The van der Waals surface area contributed by atoms with Crippen molar-refractivity contribution in [1.29, 1.82) is 0 Å². The molecule has 36 heavy (non-hydrogen) atoms. The minimum atomic E-state index is -0.647. The van der Waals surface area contributed by atoms with Crippen molar-refractivity contribution < 1.29 is 0 Å². The average molecular weight is 488 g/mol. The van der Waals surface area contributed by atoms with Crippen molar-refractivity contribution >= 4 is 39.4 Å². The Morgan fingerprint density at radius 3 is 1.61 bits per heavy atom. The van der Waals surface area contributed by atoms with E-state index >= 15 is 0 Å². The van der Waals surface area contributed by atoms with Gasteiger partial charge in [0, 0.05) is 26.8 Å². The van der Waals surface area contributed by atoms with Crippen molar-refractivity contribution in [2.45, 2.75) is 0 Å². The lowest BCUT2D eigenvalue weighted by Gasteiger charge is -2.25. The zero-order chi connectivity index (χ0) is 24.5. The lowest BCUT2D eigenvalue weighted by molar-refractivity contribution is 1.15. The summed E-state index contributed by atoms with van der Waals surface area (Å²) in [6.07, 6.45) is 0. The van der Waals surface area contributed by atoms with Crippen LogP contribution in [0.1, 0.15) is 0 Å². The predicted octanol–water partition coefficient (Wildman–Crippen LogP) is 7.08. The topological polar surface area (TPSA) is 69.0 Å². The summed E-state index contributed by atoms with van der Waals surface area (Å²) in [4.78, 5) is 33.0. The van der Waals surface area contributed by atoms with E-state index in [1.165, 1.54) is 0 Å². The van der Waals surface area contributed by atoms with Crippen LogP contribution in [0.3, 0.4) is 0 Å². The number of para-hydroxylation sites is 2. The molecule has 2 N–H and O–H groups in total. The van der Waals surface area contributed by atoms with Gasteiger partial charge < -0.3 is 14.9 Å². The molecule has 0 saturated heterocycles. The first-order chi connectivity index (χ1) is 17.7. The number of hydrogen-bond donors (Lipinski definition) is 2. The van der Waals surface area contributed by atoms with Crippen LogP contribution in [-0.4, -0.2) is 9.97 Å². The van der Waals surface area contributed by atoms with Crippen LogP contribution in [0, 0.1) is 0 Å². The number of nitrogens with zero attached hydrogens (tertiary/aromatic N) is 1. The third-order valence-electron chi connectivity index (χ3n) is 6.05. The Morgan fingerprint density at radius 2 is 1.00 bits per heavy atom. The molecular formula is C30H21N3O2S. The van der Waals surface area contributed by atoms with E-state index in [0.29, 0.717) is 11.0 Å². The number of fused-ring (bicyclic) bond motifs is 1. The molecule has 2 aromatic heterocycles. The van der Waals surface area contributed by atoms with Gasteiger partial charge in [-0.2, -0.15) is 0 Å². The number of H-pyrrole nitrogens is 2. The fourth-order valence-corrected chi connectivity index (χ4v) is 5.30. The van der Waals surface area contributed by atoms with Crippen LogP contribution in [-0.2, 0) is 0 Å². The number of hydrogen-bond acceptors (Lipinski definition) is 4. The third-order valence-corrected chi connectivity index (χ3v) is 7.23. The minimum Gasteiger partial charge on any atom is -0.316 e. The average Bonchev–Trinajstić information content (AvgIpc) is 3.41. The molecule has 2 heterocycles. The van der Waals surface area contributed by atoms with Gasteiger partial charge in [0.15, 0.2) is 0 Å². The molecule has 0 amide bonds. The van der Waals surface area contributed by atoms with E-state index in [9.17, 15) is 9.59 Å². The molecule has 0 aliphatic carbocycles. The summed E-state index contributed by atoms with van der Waals surface area (Å²) >= 11 is 1.68. The number of aromatic nitrogens is 2. The Morgan fingerprint density at radius 1 is 0.500 bits per heavy atom. The largest absolute Gasteiger partial charge is 0.316 e. The number of thiophene rings is 1. The molecule has 0 bridgehead atoms. The second-order valence-electron chi connectivity index (χ2n) is 8.39. The highest BCUT2D eigenvalue weighted by atomic mass is 32.1. The van der Waals surface area contributed by atoms with Gasteiger partial charge in [-0.3, -0.25) is 9.59 Å². The summed E-state index contributed by atoms with van der Waals surface area (Å²) in [6.45, 7) is 0. The van der Waals surface area contributed by atoms with E-state index < -0.39 is 11.1 Å². The molecule has 5 nitrogen and oxygen atoms in total. The number of anilines is 3. The molecule has 0 spiro atoms. The number of benzene rings is 4. The maximum atomic E-state index is 11.7. The van der Waals surface area contributed by atoms with Crippen molar-refractivity contribution in [3.63, 3.8) is 0 Å². The van der Waals surface area contributed by atoms with Gasteiger partial charge in [-0.05, 0) is 71.8 Å². The molecule has 0 unspecified atom stereocenters. The zero-order valence-electron chi connectivity index (χ0n) is 19.1. The second kappa shape index (κ2) is 9.17. The smallest absolute Gasteiger partial charge is 0.314 e. The lowest BCUT2D eigenvalue weighted by Crippen LogP contribution is -2.28. The zero-order valence-corrected chi connectivity index (χ0v) is 20.0. The molecule has 0 atom stereocenters. The van der Waals surface area contributed by atoms with E-state index in [1.54, 1.807) is 11.3 Å². The van der Waals surface area contributed by atoms with E-state index in [-0.39, 0.29) is 0 Å². The van der Waals surface area contributed by atoms with Crippen molar-refractivity contribution in [3.05, 3.63) is 136 Å². The molecule has 0 aliphatic rings. The number of rotatable bonds is 5. The van der Waals surface area contributed by atoms with Gasteiger partial charge in [-0.15, -0.1) is 11.3 Å². The van der Waals surface area contributed by atoms with Crippen LogP contribution in [0.2, 0.25) is 0 Å². The Balaban J connectivity index is 1.32. The Bertz CT molecular complexity index is 1730. The van der Waals surface area contributed by atoms with Crippen LogP contribution in [0.25, 0.3) is 31.9 Å². The fourth-order valence-electron chi connectivity index (χ4n) is 4.29. The van der Waals surface area contributed by atoms with Crippen LogP contribution in [0.5, 0.6) is 0 Å². The first-order valence-corrected chi connectivity index (χ1v) is 12.3. The SMILES string of the molecule is O=c1[nH]c2ccc(-c3ccc(-c4ccc(N(c5ccccc5)c5ccccc5)cc4)s3)cc2[nH]c1=O. The van der Waals surface area contributed by atoms with Gasteiger partial charge in [0.05, 0.1) is 11.0 Å². The van der Waals surface area contributed by atoms with Gasteiger partial charge >= 0.3 is 11.1 Å². The van der Waals surface area contributed by atoms with Gasteiger partial charge in [0.2, 0.25) is 0 Å². The lowest BCUT2D eigenvalue weighted by atomic mass is 10.1. The summed E-state index contributed by atoms with van der Waals surface area (Å²) in [6, 6.07) is 39.1. The maximum Gasteiger partial charge on any atom is 0.314 e. The van der Waals surface area contributed by atoms with Crippen molar-refractivity contribution in [3.8, 4) is 20.9 Å². The first kappa shape index (κ1) is 21.8. The standard InChI is InChI=1S/C30H21N3O2S/c34-29-30(35)32-26-19-21(13-16-25(26)31-29)28-18-17-27(36-28)20-11-14-24(15-12-20)33(22-7-3-1-4-8-22)23-9-5-2-6-10-23/h1-19H,(H,31,34)(H,32,35). The van der Waals surface area contributed by atoms with E-state index in [0.717, 1.165) is 37.9 Å². The quantitative estimate of drug-likeness (QED) is 0.255. The van der Waals surface area contributed by atoms with Crippen molar-refractivity contribution in [2.75, 3.05) is 4.90 Å². The number of nitrogens with one attached hydrogen (secondary N) is 2. The highest BCUT2D eigenvalue weighted by molar-refractivity contribution is 7.18. The molecule has 0 fully saturated rings. The minimum absolute atomic E-state index is 0.608. The summed E-state index contributed by atoms with van der Waals surface area (Å²) in [5.74, 6) is 0. The van der Waals surface area contributed by atoms with Crippen LogP contribution >= 0.6 is 11.3 Å². The molecule has 6 heteroatoms. The highest BCUT2D eigenvalue weighted by Crippen LogP contribution is 2.38. The highest BCUT2D eigenvalue weighted by Gasteiger charge is 2.13. The number of aromatic amines is 2. The van der Waals surface area contributed by atoms with Crippen molar-refractivity contribution in [2.24, 2.45) is 0 Å².